The topological polar surface area (TPSA) is 61.4 Å². The van der Waals surface area contributed by atoms with Gasteiger partial charge in [-0.15, -0.1) is 0 Å². The molecule has 1 aliphatic rings. The zero-order valence-corrected chi connectivity index (χ0v) is 13.7. The molecule has 3 heterocycles. The standard InChI is InChI=1S/C17H18ClNO4/c1-10(2)23-17(21)11-5-6-14(19-8-3-4-13(11)19)15(20)16-12(18)7-9-22-16/h3-4,7-11,14H,5-6H2,1-2H3. The molecule has 0 spiro atoms. The molecule has 0 aromatic carbocycles. The van der Waals surface area contributed by atoms with Crippen molar-refractivity contribution in [3.8, 4) is 0 Å². The summed E-state index contributed by atoms with van der Waals surface area (Å²) in [5.41, 5.74) is 0.794. The molecular formula is C17H18ClNO4. The highest BCUT2D eigenvalue weighted by atomic mass is 35.5. The summed E-state index contributed by atoms with van der Waals surface area (Å²) in [6, 6.07) is 4.83. The number of hydrogen-bond donors (Lipinski definition) is 0. The Kier molecular flexibility index (Phi) is 4.31. The number of nitrogens with zero attached hydrogens (tertiary/aromatic N) is 1. The Morgan fingerprint density at radius 1 is 1.35 bits per heavy atom. The minimum absolute atomic E-state index is 0.160. The second-order valence-electron chi connectivity index (χ2n) is 5.93. The summed E-state index contributed by atoms with van der Waals surface area (Å²) < 4.78 is 12.4. The highest BCUT2D eigenvalue weighted by Crippen LogP contribution is 2.37. The normalized spacial score (nSPS) is 20.3. The lowest BCUT2D eigenvalue weighted by molar-refractivity contribution is -0.150. The average molecular weight is 336 g/mol. The summed E-state index contributed by atoms with van der Waals surface area (Å²) in [6.45, 7) is 3.65. The molecule has 0 aliphatic carbocycles. The fourth-order valence-electron chi connectivity index (χ4n) is 3.03. The number of rotatable bonds is 4. The van der Waals surface area contributed by atoms with E-state index in [0.29, 0.717) is 17.9 Å². The first-order chi connectivity index (χ1) is 11.0. The highest BCUT2D eigenvalue weighted by Gasteiger charge is 2.37. The van der Waals surface area contributed by atoms with Crippen molar-refractivity contribution in [1.82, 2.24) is 4.57 Å². The average Bonchev–Trinajstić information content (AvgIpc) is 3.13. The number of ketones is 1. The van der Waals surface area contributed by atoms with Gasteiger partial charge in [0.1, 0.15) is 0 Å². The van der Waals surface area contributed by atoms with Gasteiger partial charge in [0.2, 0.25) is 5.78 Å². The minimum Gasteiger partial charge on any atom is -0.462 e. The summed E-state index contributed by atoms with van der Waals surface area (Å²) in [5.74, 6) is -0.599. The monoisotopic (exact) mass is 335 g/mol. The van der Waals surface area contributed by atoms with E-state index in [1.54, 1.807) is 6.07 Å². The summed E-state index contributed by atoms with van der Waals surface area (Å²) >= 11 is 5.99. The van der Waals surface area contributed by atoms with Gasteiger partial charge in [0.15, 0.2) is 5.76 Å². The Bertz CT molecular complexity index is 731. The first kappa shape index (κ1) is 15.9. The smallest absolute Gasteiger partial charge is 0.315 e. The zero-order valence-electron chi connectivity index (χ0n) is 13.0. The van der Waals surface area contributed by atoms with E-state index in [4.69, 9.17) is 20.8 Å². The predicted molar refractivity (Wildman–Crippen MR) is 84.7 cm³/mol. The lowest BCUT2D eigenvalue weighted by Crippen LogP contribution is -2.31. The summed E-state index contributed by atoms with van der Waals surface area (Å²) in [7, 11) is 0. The molecule has 3 rings (SSSR count). The van der Waals surface area contributed by atoms with E-state index in [1.165, 1.54) is 6.26 Å². The van der Waals surface area contributed by atoms with E-state index in [9.17, 15) is 9.59 Å². The van der Waals surface area contributed by atoms with Gasteiger partial charge in [0.05, 0.1) is 29.3 Å². The molecule has 0 amide bonds. The van der Waals surface area contributed by atoms with Crippen LogP contribution in [0.4, 0.5) is 0 Å². The van der Waals surface area contributed by atoms with Gasteiger partial charge in [-0.25, -0.2) is 0 Å². The predicted octanol–water partition coefficient (Wildman–Crippen LogP) is 3.99. The van der Waals surface area contributed by atoms with Crippen LogP contribution < -0.4 is 0 Å². The molecule has 2 unspecified atom stereocenters. The number of ether oxygens (including phenoxy) is 1. The van der Waals surface area contributed by atoms with Gasteiger partial charge in [-0.1, -0.05) is 11.6 Å². The number of fused-ring (bicyclic) bond motifs is 1. The van der Waals surface area contributed by atoms with Crippen LogP contribution in [-0.2, 0) is 9.53 Å². The zero-order chi connectivity index (χ0) is 16.6. The van der Waals surface area contributed by atoms with Crippen LogP contribution in [0.5, 0.6) is 0 Å². The molecule has 2 atom stereocenters. The summed E-state index contributed by atoms with van der Waals surface area (Å²) in [6.07, 6.45) is 4.15. The molecule has 23 heavy (non-hydrogen) atoms. The van der Waals surface area contributed by atoms with Crippen LogP contribution >= 0.6 is 11.6 Å². The Morgan fingerprint density at radius 2 is 2.13 bits per heavy atom. The maximum Gasteiger partial charge on any atom is 0.315 e. The molecule has 2 aromatic rings. The molecule has 0 saturated carbocycles. The maximum absolute atomic E-state index is 12.7. The Labute approximate surface area is 139 Å². The van der Waals surface area contributed by atoms with E-state index >= 15 is 0 Å². The van der Waals surface area contributed by atoms with Crippen molar-refractivity contribution in [3.05, 3.63) is 47.1 Å². The Hall–Kier alpha value is -2.01. The molecule has 0 N–H and O–H groups in total. The van der Waals surface area contributed by atoms with Crippen molar-refractivity contribution < 1.29 is 18.7 Å². The van der Waals surface area contributed by atoms with Crippen molar-refractivity contribution in [2.45, 2.75) is 44.8 Å². The molecule has 122 valence electrons. The third-order valence-electron chi connectivity index (χ3n) is 4.01. The van der Waals surface area contributed by atoms with Crippen LogP contribution in [0.15, 0.2) is 35.1 Å². The van der Waals surface area contributed by atoms with Gasteiger partial charge in [0, 0.05) is 11.9 Å². The number of esters is 1. The second-order valence-corrected chi connectivity index (χ2v) is 6.34. The fourth-order valence-corrected chi connectivity index (χ4v) is 3.22. The third-order valence-corrected chi connectivity index (χ3v) is 4.31. The highest BCUT2D eigenvalue weighted by molar-refractivity contribution is 6.33. The van der Waals surface area contributed by atoms with Crippen molar-refractivity contribution in [2.75, 3.05) is 0 Å². The van der Waals surface area contributed by atoms with Crippen molar-refractivity contribution in [3.63, 3.8) is 0 Å². The van der Waals surface area contributed by atoms with E-state index in [1.807, 2.05) is 36.7 Å². The minimum atomic E-state index is -0.410. The summed E-state index contributed by atoms with van der Waals surface area (Å²) in [5, 5.41) is 0.310. The van der Waals surface area contributed by atoms with Crippen LogP contribution in [-0.4, -0.2) is 22.4 Å². The number of Topliss-reactive ketones (excluding diaryl/α,β-unsaturated/α-hetero) is 1. The van der Waals surface area contributed by atoms with E-state index < -0.39 is 6.04 Å². The largest absolute Gasteiger partial charge is 0.462 e. The molecule has 0 fully saturated rings. The van der Waals surface area contributed by atoms with Gasteiger partial charge < -0.3 is 13.7 Å². The van der Waals surface area contributed by atoms with Gasteiger partial charge >= 0.3 is 5.97 Å². The quantitative estimate of drug-likeness (QED) is 0.626. The maximum atomic E-state index is 12.7. The van der Waals surface area contributed by atoms with E-state index in [-0.39, 0.29) is 29.5 Å². The van der Waals surface area contributed by atoms with Crippen LogP contribution in [0.3, 0.4) is 0 Å². The lowest BCUT2D eigenvalue weighted by Gasteiger charge is -2.30. The number of carbonyl (C=O) groups is 2. The number of hydrogen-bond acceptors (Lipinski definition) is 4. The molecular weight excluding hydrogens is 318 g/mol. The first-order valence-electron chi connectivity index (χ1n) is 7.63. The molecule has 0 radical (unpaired) electrons. The number of halogens is 1. The molecule has 0 saturated heterocycles. The van der Waals surface area contributed by atoms with Gasteiger partial charge in [0.25, 0.3) is 0 Å². The van der Waals surface area contributed by atoms with Crippen LogP contribution in [0.1, 0.15) is 54.9 Å². The number of carbonyl (C=O) groups excluding carboxylic acids is 2. The molecule has 6 heteroatoms. The number of aromatic nitrogens is 1. The Morgan fingerprint density at radius 3 is 2.78 bits per heavy atom. The van der Waals surface area contributed by atoms with Gasteiger partial charge in [-0.2, -0.15) is 0 Å². The first-order valence-corrected chi connectivity index (χ1v) is 8.01. The van der Waals surface area contributed by atoms with Crippen molar-refractivity contribution in [1.29, 1.82) is 0 Å². The molecule has 5 nitrogen and oxygen atoms in total. The van der Waals surface area contributed by atoms with E-state index in [0.717, 1.165) is 5.69 Å². The fraction of sp³-hybridized carbons (Fsp3) is 0.412. The third kappa shape index (κ3) is 2.93. The Balaban J connectivity index is 1.88. The molecule has 2 aromatic heterocycles. The molecule has 1 aliphatic heterocycles. The van der Waals surface area contributed by atoms with E-state index in [2.05, 4.69) is 0 Å². The van der Waals surface area contributed by atoms with Crippen LogP contribution in [0.25, 0.3) is 0 Å². The second kappa shape index (κ2) is 6.24. The van der Waals surface area contributed by atoms with Crippen molar-refractivity contribution >= 4 is 23.4 Å². The lowest BCUT2D eigenvalue weighted by atomic mass is 9.90. The van der Waals surface area contributed by atoms with Crippen LogP contribution in [0, 0.1) is 0 Å². The SMILES string of the molecule is CC(C)OC(=O)C1CCC(C(=O)c2occc2Cl)n2cccc21. The number of furan rings is 1. The summed E-state index contributed by atoms with van der Waals surface area (Å²) in [4.78, 5) is 24.9. The van der Waals surface area contributed by atoms with Gasteiger partial charge in [-0.05, 0) is 44.9 Å². The van der Waals surface area contributed by atoms with Crippen LogP contribution in [0.2, 0.25) is 5.02 Å². The van der Waals surface area contributed by atoms with Gasteiger partial charge in [-0.3, -0.25) is 9.59 Å². The molecule has 0 bridgehead atoms. The van der Waals surface area contributed by atoms with Crippen molar-refractivity contribution in [2.24, 2.45) is 0 Å².